The van der Waals surface area contributed by atoms with E-state index in [4.69, 9.17) is 0 Å². The van der Waals surface area contributed by atoms with E-state index in [1.54, 1.807) is 0 Å². The normalized spacial score (nSPS) is 22.1. The van der Waals surface area contributed by atoms with Crippen molar-refractivity contribution in [3.8, 4) is 0 Å². The van der Waals surface area contributed by atoms with Gasteiger partial charge in [0, 0.05) is 37.3 Å². The Morgan fingerprint density at radius 1 is 0.913 bits per heavy atom. The number of hydrogen-bond donors (Lipinski definition) is 0. The van der Waals surface area contributed by atoms with Gasteiger partial charge in [-0.05, 0) is 31.5 Å². The molecule has 1 heterocycles. The van der Waals surface area contributed by atoms with E-state index < -0.39 is 0 Å². The van der Waals surface area contributed by atoms with E-state index in [1.807, 2.05) is 41.3 Å². The van der Waals surface area contributed by atoms with Crippen molar-refractivity contribution in [1.29, 1.82) is 0 Å². The van der Waals surface area contributed by atoms with Gasteiger partial charge in [0.25, 0.3) is 5.91 Å². The summed E-state index contributed by atoms with van der Waals surface area (Å²) in [6.45, 7) is 6.93. The molecule has 0 radical (unpaired) electrons. The van der Waals surface area contributed by atoms with Crippen molar-refractivity contribution in [1.82, 2.24) is 9.80 Å². The van der Waals surface area contributed by atoms with Crippen molar-refractivity contribution in [3.63, 3.8) is 0 Å². The summed E-state index contributed by atoms with van der Waals surface area (Å²) in [6.07, 6.45) is 0. The minimum Gasteiger partial charge on any atom is -0.336 e. The van der Waals surface area contributed by atoms with Crippen LogP contribution in [0.2, 0.25) is 0 Å². The number of nitrogens with zero attached hydrogens (tertiary/aromatic N) is 2. The highest BCUT2D eigenvalue weighted by molar-refractivity contribution is 5.94. The molecule has 2 atom stereocenters. The van der Waals surface area contributed by atoms with Gasteiger partial charge in [0.2, 0.25) is 0 Å². The van der Waals surface area contributed by atoms with E-state index in [9.17, 15) is 4.79 Å². The first kappa shape index (κ1) is 15.8. The summed E-state index contributed by atoms with van der Waals surface area (Å²) in [4.78, 5) is 17.1. The lowest BCUT2D eigenvalue weighted by molar-refractivity contribution is 0.0270. The maximum absolute atomic E-state index is 12.7. The molecule has 0 bridgehead atoms. The number of carbonyl (C=O) groups excluding carboxylic acids is 1. The third-order valence-corrected chi connectivity index (χ3v) is 4.62. The highest BCUT2D eigenvalue weighted by Crippen LogP contribution is 2.20. The number of rotatable bonds is 3. The Kier molecular flexibility index (Phi) is 4.77. The van der Waals surface area contributed by atoms with E-state index in [0.717, 1.165) is 25.2 Å². The number of piperazine rings is 1. The van der Waals surface area contributed by atoms with Crippen LogP contribution in [0.1, 0.15) is 29.8 Å². The van der Waals surface area contributed by atoms with E-state index >= 15 is 0 Å². The predicted octanol–water partition coefficient (Wildman–Crippen LogP) is 3.42. The summed E-state index contributed by atoms with van der Waals surface area (Å²) in [7, 11) is 0. The zero-order valence-corrected chi connectivity index (χ0v) is 13.9. The van der Waals surface area contributed by atoms with Gasteiger partial charge in [0.1, 0.15) is 0 Å². The molecule has 0 aliphatic carbocycles. The first-order chi connectivity index (χ1) is 11.1. The van der Waals surface area contributed by atoms with Crippen molar-refractivity contribution < 1.29 is 4.79 Å². The van der Waals surface area contributed by atoms with Gasteiger partial charge >= 0.3 is 0 Å². The Hall–Kier alpha value is -2.13. The molecule has 3 rings (SSSR count). The summed E-state index contributed by atoms with van der Waals surface area (Å²) >= 11 is 0. The van der Waals surface area contributed by atoms with Gasteiger partial charge in [-0.3, -0.25) is 9.69 Å². The van der Waals surface area contributed by atoms with Gasteiger partial charge in [0.05, 0.1) is 0 Å². The average molecular weight is 308 g/mol. The van der Waals surface area contributed by atoms with Crippen molar-refractivity contribution in [2.75, 3.05) is 13.1 Å². The van der Waals surface area contributed by atoms with Gasteiger partial charge in [-0.15, -0.1) is 0 Å². The van der Waals surface area contributed by atoms with Crippen LogP contribution in [0.4, 0.5) is 0 Å². The molecule has 2 aromatic carbocycles. The lowest BCUT2D eigenvalue weighted by Crippen LogP contribution is -2.57. The maximum atomic E-state index is 12.7. The van der Waals surface area contributed by atoms with Gasteiger partial charge in [0.15, 0.2) is 0 Å². The van der Waals surface area contributed by atoms with Crippen LogP contribution < -0.4 is 0 Å². The van der Waals surface area contributed by atoms with Gasteiger partial charge in [-0.1, -0.05) is 48.5 Å². The summed E-state index contributed by atoms with van der Waals surface area (Å²) in [5, 5.41) is 0. The van der Waals surface area contributed by atoms with Crippen molar-refractivity contribution in [3.05, 3.63) is 71.8 Å². The standard InChI is InChI=1S/C20H24N2O/c1-16-13-21(20(23)19-11-7-4-8-12-19)14-17(2)22(16)15-18-9-5-3-6-10-18/h3-12,16-17H,13-15H2,1-2H3/t16-,17+. The maximum Gasteiger partial charge on any atom is 0.253 e. The first-order valence-corrected chi connectivity index (χ1v) is 8.29. The number of carbonyl (C=O) groups is 1. The second kappa shape index (κ2) is 6.97. The van der Waals surface area contributed by atoms with E-state index in [0.29, 0.717) is 12.1 Å². The third-order valence-electron chi connectivity index (χ3n) is 4.62. The fourth-order valence-corrected chi connectivity index (χ4v) is 3.39. The van der Waals surface area contributed by atoms with E-state index in [2.05, 4.69) is 43.0 Å². The molecule has 1 amide bonds. The summed E-state index contributed by atoms with van der Waals surface area (Å²) in [5.41, 5.74) is 2.11. The van der Waals surface area contributed by atoms with Crippen LogP contribution >= 0.6 is 0 Å². The smallest absolute Gasteiger partial charge is 0.253 e. The Balaban J connectivity index is 1.68. The zero-order chi connectivity index (χ0) is 16.2. The molecule has 0 unspecified atom stereocenters. The second-order valence-electron chi connectivity index (χ2n) is 6.43. The first-order valence-electron chi connectivity index (χ1n) is 8.29. The average Bonchev–Trinajstić information content (AvgIpc) is 2.59. The highest BCUT2D eigenvalue weighted by atomic mass is 16.2. The summed E-state index contributed by atoms with van der Waals surface area (Å²) in [5.74, 6) is 0.142. The minimum atomic E-state index is 0.142. The minimum absolute atomic E-state index is 0.142. The van der Waals surface area contributed by atoms with Crippen molar-refractivity contribution in [2.45, 2.75) is 32.5 Å². The molecule has 3 heteroatoms. The Morgan fingerprint density at radius 3 is 2.00 bits per heavy atom. The molecule has 1 aliphatic rings. The van der Waals surface area contributed by atoms with Crippen LogP contribution in [0.3, 0.4) is 0 Å². The van der Waals surface area contributed by atoms with Crippen LogP contribution in [-0.2, 0) is 6.54 Å². The van der Waals surface area contributed by atoms with Gasteiger partial charge in [-0.25, -0.2) is 0 Å². The van der Waals surface area contributed by atoms with Gasteiger partial charge < -0.3 is 4.90 Å². The molecule has 1 saturated heterocycles. The van der Waals surface area contributed by atoms with Gasteiger partial charge in [-0.2, -0.15) is 0 Å². The lowest BCUT2D eigenvalue weighted by Gasteiger charge is -2.44. The SMILES string of the molecule is C[C@@H]1CN(C(=O)c2ccccc2)C[C@H](C)N1Cc1ccccc1. The largest absolute Gasteiger partial charge is 0.336 e. The second-order valence-corrected chi connectivity index (χ2v) is 6.43. The molecule has 0 saturated carbocycles. The molecule has 23 heavy (non-hydrogen) atoms. The topological polar surface area (TPSA) is 23.6 Å². The number of benzene rings is 2. The van der Waals surface area contributed by atoms with E-state index in [1.165, 1.54) is 5.56 Å². The Morgan fingerprint density at radius 2 is 1.43 bits per heavy atom. The predicted molar refractivity (Wildman–Crippen MR) is 93.3 cm³/mol. The molecule has 0 N–H and O–H groups in total. The summed E-state index contributed by atoms with van der Waals surface area (Å²) < 4.78 is 0. The van der Waals surface area contributed by atoms with Crippen LogP contribution in [0.5, 0.6) is 0 Å². The molecular formula is C20H24N2O. The molecule has 3 nitrogen and oxygen atoms in total. The van der Waals surface area contributed by atoms with Crippen molar-refractivity contribution in [2.24, 2.45) is 0 Å². The molecule has 1 fully saturated rings. The Bertz CT molecular complexity index is 629. The molecule has 1 aliphatic heterocycles. The van der Waals surface area contributed by atoms with Crippen LogP contribution in [0.25, 0.3) is 0 Å². The van der Waals surface area contributed by atoms with E-state index in [-0.39, 0.29) is 5.91 Å². The van der Waals surface area contributed by atoms with Crippen LogP contribution in [0.15, 0.2) is 60.7 Å². The van der Waals surface area contributed by atoms with Crippen molar-refractivity contribution >= 4 is 5.91 Å². The Labute approximate surface area is 138 Å². The lowest BCUT2D eigenvalue weighted by atomic mass is 10.0. The fraction of sp³-hybridized carbons (Fsp3) is 0.350. The number of hydrogen-bond acceptors (Lipinski definition) is 2. The third kappa shape index (κ3) is 3.62. The van der Waals surface area contributed by atoms with Crippen LogP contribution in [-0.4, -0.2) is 40.9 Å². The zero-order valence-electron chi connectivity index (χ0n) is 13.9. The molecule has 0 spiro atoms. The molecule has 120 valence electrons. The fourth-order valence-electron chi connectivity index (χ4n) is 3.39. The van der Waals surface area contributed by atoms with Crippen LogP contribution in [0, 0.1) is 0 Å². The molecule has 0 aromatic heterocycles. The number of amides is 1. The molecule has 2 aromatic rings. The monoisotopic (exact) mass is 308 g/mol. The molecular weight excluding hydrogens is 284 g/mol. The summed E-state index contributed by atoms with van der Waals surface area (Å²) in [6, 6.07) is 20.8. The highest BCUT2D eigenvalue weighted by Gasteiger charge is 2.31. The quantitative estimate of drug-likeness (QED) is 0.867.